The highest BCUT2D eigenvalue weighted by molar-refractivity contribution is 6.33. The number of hydrogen-bond donors (Lipinski definition) is 1. The average Bonchev–Trinajstić information content (AvgIpc) is 3.32. The van der Waals surface area contributed by atoms with Gasteiger partial charge < -0.3 is 19.7 Å². The Bertz CT molecular complexity index is 1570. The second kappa shape index (κ2) is 14.1. The van der Waals surface area contributed by atoms with Crippen molar-refractivity contribution in [1.82, 2.24) is 14.7 Å². The molecule has 2 amide bonds. The minimum atomic E-state index is -0.642. The van der Waals surface area contributed by atoms with Crippen molar-refractivity contribution in [2.75, 3.05) is 25.0 Å². The lowest BCUT2D eigenvalue weighted by Crippen LogP contribution is -2.43. The van der Waals surface area contributed by atoms with Gasteiger partial charge in [0, 0.05) is 35.5 Å². The van der Waals surface area contributed by atoms with E-state index in [1.54, 1.807) is 41.3 Å². The smallest absolute Gasteiger partial charge is 0.435 e. The number of rotatable bonds is 8. The van der Waals surface area contributed by atoms with Crippen LogP contribution in [0.5, 0.6) is 0 Å². The topological polar surface area (TPSA) is 127 Å². The lowest BCUT2D eigenvalue weighted by molar-refractivity contribution is -0.117. The Morgan fingerprint density at radius 3 is 2.64 bits per heavy atom. The fourth-order valence-corrected chi connectivity index (χ4v) is 5.44. The first-order valence-corrected chi connectivity index (χ1v) is 15.4. The highest BCUT2D eigenvalue weighted by atomic mass is 35.5. The zero-order chi connectivity index (χ0) is 32.0. The van der Waals surface area contributed by atoms with E-state index in [0.29, 0.717) is 51.6 Å². The van der Waals surface area contributed by atoms with Gasteiger partial charge in [0.2, 0.25) is 5.91 Å². The van der Waals surface area contributed by atoms with Gasteiger partial charge in [-0.1, -0.05) is 31.5 Å². The molecule has 1 N–H and O–H groups in total. The summed E-state index contributed by atoms with van der Waals surface area (Å²) in [7, 11) is 0. The molecule has 0 aliphatic carbocycles. The summed E-state index contributed by atoms with van der Waals surface area (Å²) in [4.78, 5) is 40.6. The third-order valence-electron chi connectivity index (χ3n) is 7.31. The molecule has 11 heteroatoms. The van der Waals surface area contributed by atoms with Crippen LogP contribution in [0.15, 0.2) is 36.4 Å². The van der Waals surface area contributed by atoms with E-state index < -0.39 is 11.7 Å². The van der Waals surface area contributed by atoms with Crippen LogP contribution in [0.25, 0.3) is 22.0 Å². The minimum Gasteiger partial charge on any atom is -0.448 e. The van der Waals surface area contributed by atoms with Crippen molar-refractivity contribution < 1.29 is 23.9 Å². The number of nitrogens with one attached hydrogen (secondary N) is 1. The fraction of sp³-hybridized carbons (Fsp3) is 0.485. The standard InChI is InChI=1S/C33H40ClN5O5/c1-21(2)8-7-15-43-32(42)39-28-13-11-24(25-16-22(19-35)10-12-27(25)34)18-26(28)30(37-39)36-29(40)17-23-9-6-14-38(20-23)31(41)44-33(3,4)5/h10-13,16,18,21,23H,6-9,14-15,17,20H2,1-5H3,(H,36,37,40)/t23-/m0/s1. The molecule has 234 valence electrons. The second-order valence-corrected chi connectivity index (χ2v) is 13.0. The number of fused-ring (bicyclic) bond motifs is 1. The molecule has 1 saturated heterocycles. The number of nitrogens with zero attached hydrogens (tertiary/aromatic N) is 4. The molecule has 0 bridgehead atoms. The van der Waals surface area contributed by atoms with Crippen molar-refractivity contribution in [3.63, 3.8) is 0 Å². The maximum Gasteiger partial charge on any atom is 0.435 e. The molecular formula is C33H40ClN5O5. The van der Waals surface area contributed by atoms with Crippen LogP contribution in [0.4, 0.5) is 15.4 Å². The summed E-state index contributed by atoms with van der Waals surface area (Å²) in [6, 6.07) is 12.4. The number of ether oxygens (including phenoxy) is 2. The van der Waals surface area contributed by atoms with Crippen LogP contribution in [0.2, 0.25) is 5.02 Å². The number of likely N-dealkylation sites (tertiary alicyclic amines) is 1. The van der Waals surface area contributed by atoms with Crippen LogP contribution in [-0.2, 0) is 14.3 Å². The van der Waals surface area contributed by atoms with Crippen LogP contribution in [-0.4, -0.2) is 58.1 Å². The number of carbonyl (C=O) groups excluding carboxylic acids is 3. The summed E-state index contributed by atoms with van der Waals surface area (Å²) in [6.45, 7) is 10.9. The van der Waals surface area contributed by atoms with Crippen molar-refractivity contribution in [2.24, 2.45) is 11.8 Å². The molecule has 1 aromatic heterocycles. The maximum absolute atomic E-state index is 13.3. The normalized spacial score (nSPS) is 15.2. The van der Waals surface area contributed by atoms with Crippen molar-refractivity contribution in [3.05, 3.63) is 47.0 Å². The Labute approximate surface area is 263 Å². The van der Waals surface area contributed by atoms with Gasteiger partial charge in [-0.2, -0.15) is 9.94 Å². The van der Waals surface area contributed by atoms with Crippen molar-refractivity contribution >= 4 is 46.4 Å². The molecule has 0 saturated carbocycles. The van der Waals surface area contributed by atoms with Crippen LogP contribution in [0.1, 0.15) is 72.3 Å². The van der Waals surface area contributed by atoms with Gasteiger partial charge in [0.25, 0.3) is 0 Å². The summed E-state index contributed by atoms with van der Waals surface area (Å²) in [5.41, 5.74) is 1.64. The van der Waals surface area contributed by atoms with E-state index in [4.69, 9.17) is 21.1 Å². The number of hydrogen-bond acceptors (Lipinski definition) is 7. The molecule has 1 fully saturated rings. The molecule has 0 radical (unpaired) electrons. The lowest BCUT2D eigenvalue weighted by atomic mass is 9.94. The molecule has 44 heavy (non-hydrogen) atoms. The van der Waals surface area contributed by atoms with Gasteiger partial charge in [0.1, 0.15) is 5.60 Å². The predicted octanol–water partition coefficient (Wildman–Crippen LogP) is 7.62. The van der Waals surface area contributed by atoms with Crippen molar-refractivity contribution in [2.45, 2.75) is 72.3 Å². The molecule has 2 heterocycles. The van der Waals surface area contributed by atoms with E-state index >= 15 is 0 Å². The van der Waals surface area contributed by atoms with E-state index in [2.05, 4.69) is 30.3 Å². The minimum absolute atomic E-state index is 0.0568. The molecule has 1 aliphatic rings. The zero-order valence-corrected chi connectivity index (χ0v) is 26.7. The molecular weight excluding hydrogens is 582 g/mol. The molecule has 4 rings (SSSR count). The van der Waals surface area contributed by atoms with Gasteiger partial charge in [-0.3, -0.25) is 4.79 Å². The summed E-state index contributed by atoms with van der Waals surface area (Å²) in [5.74, 6) is 0.357. The van der Waals surface area contributed by atoms with E-state index in [9.17, 15) is 19.6 Å². The molecule has 1 atom stereocenters. The number of carbonyl (C=O) groups is 3. The van der Waals surface area contributed by atoms with E-state index in [0.717, 1.165) is 30.4 Å². The Hall–Kier alpha value is -4.10. The van der Waals surface area contributed by atoms with Gasteiger partial charge in [-0.05, 0) is 94.2 Å². The average molecular weight is 622 g/mol. The van der Waals surface area contributed by atoms with Crippen LogP contribution in [0.3, 0.4) is 0 Å². The van der Waals surface area contributed by atoms with Crippen LogP contribution >= 0.6 is 11.6 Å². The van der Waals surface area contributed by atoms with Gasteiger partial charge in [0.05, 0.1) is 23.8 Å². The summed E-state index contributed by atoms with van der Waals surface area (Å²) in [6.07, 6.45) is 2.36. The summed E-state index contributed by atoms with van der Waals surface area (Å²) >= 11 is 6.48. The summed E-state index contributed by atoms with van der Waals surface area (Å²) in [5, 5.41) is 17.7. The highest BCUT2D eigenvalue weighted by Crippen LogP contribution is 2.34. The van der Waals surface area contributed by atoms with E-state index in [1.165, 1.54) is 0 Å². The monoisotopic (exact) mass is 621 g/mol. The van der Waals surface area contributed by atoms with Gasteiger partial charge in [0.15, 0.2) is 5.82 Å². The lowest BCUT2D eigenvalue weighted by Gasteiger charge is -2.33. The first kappa shape index (κ1) is 32.8. The number of aromatic nitrogens is 2. The van der Waals surface area contributed by atoms with Gasteiger partial charge >= 0.3 is 12.2 Å². The molecule has 10 nitrogen and oxygen atoms in total. The van der Waals surface area contributed by atoms with Crippen LogP contribution in [0, 0.1) is 23.2 Å². The predicted molar refractivity (Wildman–Crippen MR) is 169 cm³/mol. The Kier molecular flexibility index (Phi) is 10.5. The third-order valence-corrected chi connectivity index (χ3v) is 7.64. The quantitative estimate of drug-likeness (QED) is 0.256. The number of nitriles is 1. The second-order valence-electron chi connectivity index (χ2n) is 12.6. The molecule has 0 unspecified atom stereocenters. The zero-order valence-electron chi connectivity index (χ0n) is 26.0. The van der Waals surface area contributed by atoms with E-state index in [-0.39, 0.29) is 36.8 Å². The van der Waals surface area contributed by atoms with Crippen molar-refractivity contribution in [3.8, 4) is 17.2 Å². The Morgan fingerprint density at radius 2 is 1.93 bits per heavy atom. The first-order valence-electron chi connectivity index (χ1n) is 15.0. The Morgan fingerprint density at radius 1 is 1.16 bits per heavy atom. The number of amides is 2. The molecule has 3 aromatic rings. The number of anilines is 1. The maximum atomic E-state index is 13.3. The number of halogens is 1. The highest BCUT2D eigenvalue weighted by Gasteiger charge is 2.29. The third kappa shape index (κ3) is 8.50. The first-order chi connectivity index (χ1) is 20.8. The summed E-state index contributed by atoms with van der Waals surface area (Å²) < 4.78 is 12.2. The number of benzene rings is 2. The molecule has 1 aliphatic heterocycles. The van der Waals surface area contributed by atoms with E-state index in [1.807, 2.05) is 20.8 Å². The van der Waals surface area contributed by atoms with Crippen molar-refractivity contribution in [1.29, 1.82) is 5.26 Å². The van der Waals surface area contributed by atoms with Gasteiger partial charge in [-0.15, -0.1) is 5.10 Å². The van der Waals surface area contributed by atoms with Crippen LogP contribution < -0.4 is 5.32 Å². The largest absolute Gasteiger partial charge is 0.448 e. The molecule has 2 aromatic carbocycles. The van der Waals surface area contributed by atoms with Gasteiger partial charge in [-0.25, -0.2) is 9.59 Å². The Balaban J connectivity index is 1.58. The molecule has 0 spiro atoms. The number of piperidine rings is 1. The fourth-order valence-electron chi connectivity index (χ4n) is 5.21. The SMILES string of the molecule is CC(C)CCCOC(=O)n1nc(NC(=O)C[C@@H]2CCCN(C(=O)OC(C)(C)C)C2)c2cc(-c3cc(C#N)ccc3Cl)ccc21.